The van der Waals surface area contributed by atoms with Gasteiger partial charge in [-0.3, -0.25) is 14.3 Å². The minimum atomic E-state index is -0.628. The molecule has 2 amide bonds. The Labute approximate surface area is 200 Å². The molecule has 182 valence electrons. The highest BCUT2D eigenvalue weighted by Gasteiger charge is 2.35. The van der Waals surface area contributed by atoms with E-state index >= 15 is 0 Å². The SMILES string of the molecule is CC(C)C[C@@H](C(=O)Nc1ccn(CCCO)n1)N1CC(Oc2cccc3c2CCCC3)=CC1=O. The Morgan fingerprint density at radius 3 is 2.85 bits per heavy atom. The average molecular weight is 467 g/mol. The highest BCUT2D eigenvalue weighted by Crippen LogP contribution is 2.32. The lowest BCUT2D eigenvalue weighted by molar-refractivity contribution is -0.133. The Morgan fingerprint density at radius 1 is 1.24 bits per heavy atom. The molecular formula is C26H34N4O4. The van der Waals surface area contributed by atoms with Gasteiger partial charge in [-0.1, -0.05) is 26.0 Å². The van der Waals surface area contributed by atoms with Crippen molar-refractivity contribution in [1.82, 2.24) is 14.7 Å². The maximum Gasteiger partial charge on any atom is 0.251 e. The molecule has 1 aromatic carbocycles. The van der Waals surface area contributed by atoms with Crippen LogP contribution in [-0.4, -0.2) is 50.8 Å². The molecule has 2 aliphatic rings. The first kappa shape index (κ1) is 24.0. The van der Waals surface area contributed by atoms with Crippen molar-refractivity contribution in [2.24, 2.45) is 5.92 Å². The molecule has 2 N–H and O–H groups in total. The summed E-state index contributed by atoms with van der Waals surface area (Å²) in [5, 5.41) is 16.2. The molecule has 0 saturated heterocycles. The van der Waals surface area contributed by atoms with Gasteiger partial charge in [0.1, 0.15) is 17.6 Å². The van der Waals surface area contributed by atoms with Crippen molar-refractivity contribution in [2.75, 3.05) is 18.5 Å². The third kappa shape index (κ3) is 5.67. The smallest absolute Gasteiger partial charge is 0.251 e. The number of aromatic nitrogens is 2. The Bertz CT molecular complexity index is 1060. The molecule has 1 atom stereocenters. The number of aryl methyl sites for hydroxylation is 2. The lowest BCUT2D eigenvalue weighted by Gasteiger charge is -2.28. The van der Waals surface area contributed by atoms with Crippen LogP contribution in [0.25, 0.3) is 0 Å². The fourth-order valence-electron chi connectivity index (χ4n) is 4.64. The standard InChI is InChI=1S/C26H34N4O4/c1-18(2)15-22(26(33)27-24-11-13-29(28-24)12-6-14-31)30-17-20(16-25(30)32)34-23-10-5-8-19-7-3-4-9-21(19)23/h5,8,10-11,13,16,18,22,31H,3-4,6-7,9,12,14-15,17H2,1-2H3,(H,27,28,33)/t22-/m0/s1. The van der Waals surface area contributed by atoms with E-state index in [0.29, 0.717) is 31.0 Å². The van der Waals surface area contributed by atoms with Crippen LogP contribution in [0.1, 0.15) is 50.7 Å². The summed E-state index contributed by atoms with van der Waals surface area (Å²) in [7, 11) is 0. The number of amides is 2. The number of ether oxygens (including phenoxy) is 1. The van der Waals surface area contributed by atoms with Crippen molar-refractivity contribution in [3.63, 3.8) is 0 Å². The first-order valence-corrected chi connectivity index (χ1v) is 12.2. The van der Waals surface area contributed by atoms with Crippen LogP contribution < -0.4 is 10.1 Å². The third-order valence-electron chi connectivity index (χ3n) is 6.30. The van der Waals surface area contributed by atoms with Gasteiger partial charge >= 0.3 is 0 Å². The number of nitrogens with one attached hydrogen (secondary N) is 1. The van der Waals surface area contributed by atoms with E-state index in [9.17, 15) is 9.59 Å². The Balaban J connectivity index is 1.44. The van der Waals surface area contributed by atoms with Gasteiger partial charge in [0, 0.05) is 31.5 Å². The first-order chi connectivity index (χ1) is 16.4. The summed E-state index contributed by atoms with van der Waals surface area (Å²) in [5.41, 5.74) is 2.55. The van der Waals surface area contributed by atoms with Gasteiger partial charge in [0.05, 0.1) is 6.54 Å². The van der Waals surface area contributed by atoms with Gasteiger partial charge in [0.2, 0.25) is 5.91 Å². The van der Waals surface area contributed by atoms with E-state index in [2.05, 4.69) is 16.5 Å². The second-order valence-electron chi connectivity index (χ2n) is 9.46. The Kier molecular flexibility index (Phi) is 7.67. The van der Waals surface area contributed by atoms with Gasteiger partial charge in [-0.2, -0.15) is 5.10 Å². The quantitative estimate of drug-likeness (QED) is 0.560. The van der Waals surface area contributed by atoms with Crippen molar-refractivity contribution in [3.05, 3.63) is 53.4 Å². The summed E-state index contributed by atoms with van der Waals surface area (Å²) >= 11 is 0. The lowest BCUT2D eigenvalue weighted by Crippen LogP contribution is -2.46. The number of hydrogen-bond donors (Lipinski definition) is 2. The highest BCUT2D eigenvalue weighted by atomic mass is 16.5. The van der Waals surface area contributed by atoms with Crippen LogP contribution in [0, 0.1) is 5.92 Å². The number of aliphatic hydroxyl groups excluding tert-OH is 1. The van der Waals surface area contributed by atoms with Gasteiger partial charge in [0.15, 0.2) is 5.82 Å². The van der Waals surface area contributed by atoms with E-state index in [1.807, 2.05) is 26.0 Å². The van der Waals surface area contributed by atoms with Crippen molar-refractivity contribution in [2.45, 2.75) is 65.0 Å². The number of rotatable bonds is 10. The van der Waals surface area contributed by atoms with Crippen LogP contribution in [0.2, 0.25) is 0 Å². The van der Waals surface area contributed by atoms with Crippen LogP contribution in [0.3, 0.4) is 0 Å². The molecule has 0 bridgehead atoms. The minimum absolute atomic E-state index is 0.0816. The molecule has 1 aliphatic heterocycles. The van der Waals surface area contributed by atoms with Crippen LogP contribution in [-0.2, 0) is 29.0 Å². The van der Waals surface area contributed by atoms with Crippen LogP contribution in [0.5, 0.6) is 5.75 Å². The molecule has 0 fully saturated rings. The summed E-state index contributed by atoms with van der Waals surface area (Å²) < 4.78 is 7.88. The molecule has 0 unspecified atom stereocenters. The second kappa shape index (κ2) is 10.9. The normalized spacial score (nSPS) is 16.4. The topological polar surface area (TPSA) is 96.7 Å². The van der Waals surface area contributed by atoms with Crippen molar-refractivity contribution in [1.29, 1.82) is 0 Å². The maximum absolute atomic E-state index is 13.2. The molecule has 8 nitrogen and oxygen atoms in total. The monoisotopic (exact) mass is 466 g/mol. The summed E-state index contributed by atoms with van der Waals surface area (Å²) in [6.07, 6.45) is 8.77. The molecule has 0 saturated carbocycles. The van der Waals surface area contributed by atoms with Crippen molar-refractivity contribution < 1.29 is 19.4 Å². The van der Waals surface area contributed by atoms with Gasteiger partial charge in [-0.15, -0.1) is 0 Å². The number of benzene rings is 1. The van der Waals surface area contributed by atoms with Crippen molar-refractivity contribution in [3.8, 4) is 5.75 Å². The van der Waals surface area contributed by atoms with Crippen LogP contribution in [0.15, 0.2) is 42.3 Å². The number of nitrogens with zero attached hydrogens (tertiary/aromatic N) is 3. The number of fused-ring (bicyclic) bond motifs is 1. The van der Waals surface area contributed by atoms with Gasteiger partial charge in [-0.25, -0.2) is 0 Å². The lowest BCUT2D eigenvalue weighted by atomic mass is 9.91. The van der Waals surface area contributed by atoms with E-state index in [0.717, 1.165) is 25.0 Å². The molecule has 0 radical (unpaired) electrons. The van der Waals surface area contributed by atoms with E-state index in [4.69, 9.17) is 9.84 Å². The molecular weight excluding hydrogens is 432 g/mol. The summed E-state index contributed by atoms with van der Waals surface area (Å²) in [5.74, 6) is 1.56. The number of carbonyl (C=O) groups is 2. The second-order valence-corrected chi connectivity index (χ2v) is 9.46. The van der Waals surface area contributed by atoms with E-state index < -0.39 is 6.04 Å². The highest BCUT2D eigenvalue weighted by molar-refractivity contribution is 5.99. The number of aliphatic hydroxyl groups is 1. The van der Waals surface area contributed by atoms with Crippen LogP contribution >= 0.6 is 0 Å². The number of anilines is 1. The molecule has 1 aromatic heterocycles. The molecule has 2 aromatic rings. The van der Waals surface area contributed by atoms with Gasteiger partial charge < -0.3 is 20.1 Å². The van der Waals surface area contributed by atoms with Gasteiger partial charge in [0.25, 0.3) is 5.91 Å². The molecule has 8 heteroatoms. The summed E-state index contributed by atoms with van der Waals surface area (Å²) in [6, 6.07) is 7.21. The minimum Gasteiger partial charge on any atom is -0.459 e. The largest absolute Gasteiger partial charge is 0.459 e. The maximum atomic E-state index is 13.2. The zero-order valence-corrected chi connectivity index (χ0v) is 20.0. The van der Waals surface area contributed by atoms with E-state index in [1.165, 1.54) is 23.6 Å². The Morgan fingerprint density at radius 2 is 2.06 bits per heavy atom. The van der Waals surface area contributed by atoms with Gasteiger partial charge in [-0.05, 0) is 61.6 Å². The van der Waals surface area contributed by atoms with Crippen LogP contribution in [0.4, 0.5) is 5.82 Å². The molecule has 4 rings (SSSR count). The van der Waals surface area contributed by atoms with E-state index in [1.54, 1.807) is 21.8 Å². The molecule has 0 spiro atoms. The number of hydrogen-bond acceptors (Lipinski definition) is 5. The van der Waals surface area contributed by atoms with Crippen molar-refractivity contribution >= 4 is 17.6 Å². The Hall–Kier alpha value is -3.13. The fraction of sp³-hybridized carbons (Fsp3) is 0.500. The molecule has 2 heterocycles. The first-order valence-electron chi connectivity index (χ1n) is 12.2. The predicted octanol–water partition coefficient (Wildman–Crippen LogP) is 3.30. The average Bonchev–Trinajstić information content (AvgIpc) is 3.41. The summed E-state index contributed by atoms with van der Waals surface area (Å²) in [6.45, 7) is 4.98. The van der Waals surface area contributed by atoms with E-state index in [-0.39, 0.29) is 30.9 Å². The zero-order chi connectivity index (χ0) is 24.1. The molecule has 1 aliphatic carbocycles. The summed E-state index contributed by atoms with van der Waals surface area (Å²) in [4.78, 5) is 27.7. The fourth-order valence-corrected chi connectivity index (χ4v) is 4.64. The number of carbonyl (C=O) groups excluding carboxylic acids is 2. The third-order valence-corrected chi connectivity index (χ3v) is 6.30. The molecule has 34 heavy (non-hydrogen) atoms. The predicted molar refractivity (Wildman–Crippen MR) is 129 cm³/mol. The zero-order valence-electron chi connectivity index (χ0n) is 20.0.